The second-order valence-electron chi connectivity index (χ2n) is 4.86. The molecule has 0 radical (unpaired) electrons. The average Bonchev–Trinajstić information content (AvgIpc) is 2.47. The lowest BCUT2D eigenvalue weighted by Gasteiger charge is -2.17. The van der Waals surface area contributed by atoms with Gasteiger partial charge in [-0.25, -0.2) is 4.39 Å². The highest BCUT2D eigenvalue weighted by molar-refractivity contribution is 7.99. The van der Waals surface area contributed by atoms with E-state index in [1.807, 2.05) is 37.0 Å². The van der Waals surface area contributed by atoms with Crippen molar-refractivity contribution in [2.75, 3.05) is 12.8 Å². The van der Waals surface area contributed by atoms with E-state index in [1.54, 1.807) is 6.07 Å². The topological polar surface area (TPSA) is 12.0 Å². The molecule has 0 aliphatic carbocycles. The van der Waals surface area contributed by atoms with Crippen LogP contribution in [0, 0.1) is 12.7 Å². The minimum atomic E-state index is -0.117. The average molecular weight is 289 g/mol. The molecule has 0 spiro atoms. The van der Waals surface area contributed by atoms with Crippen molar-refractivity contribution in [3.8, 4) is 0 Å². The predicted molar refractivity (Wildman–Crippen MR) is 84.9 cm³/mol. The summed E-state index contributed by atoms with van der Waals surface area (Å²) < 4.78 is 13.7. The number of nitrogens with one attached hydrogen (secondary N) is 1. The van der Waals surface area contributed by atoms with Gasteiger partial charge >= 0.3 is 0 Å². The Kier molecular flexibility index (Phi) is 5.62. The van der Waals surface area contributed by atoms with Crippen LogP contribution in [-0.2, 0) is 6.42 Å². The van der Waals surface area contributed by atoms with Gasteiger partial charge in [-0.2, -0.15) is 0 Å². The van der Waals surface area contributed by atoms with Crippen LogP contribution < -0.4 is 5.32 Å². The van der Waals surface area contributed by atoms with Gasteiger partial charge in [-0.1, -0.05) is 36.4 Å². The molecule has 0 fully saturated rings. The third kappa shape index (κ3) is 4.09. The first kappa shape index (κ1) is 15.1. The summed E-state index contributed by atoms with van der Waals surface area (Å²) in [6, 6.07) is 15.6. The molecule has 1 nitrogen and oxygen atoms in total. The van der Waals surface area contributed by atoms with E-state index >= 15 is 0 Å². The van der Waals surface area contributed by atoms with Crippen LogP contribution in [0.5, 0.6) is 0 Å². The zero-order chi connectivity index (χ0) is 14.4. The fraction of sp³-hybridized carbons (Fsp3) is 0.294. The van der Waals surface area contributed by atoms with E-state index < -0.39 is 0 Å². The summed E-state index contributed by atoms with van der Waals surface area (Å²) in [7, 11) is 1.93. The minimum absolute atomic E-state index is 0.117. The normalized spacial score (nSPS) is 12.3. The molecule has 0 aliphatic heterocycles. The van der Waals surface area contributed by atoms with E-state index in [-0.39, 0.29) is 11.9 Å². The highest BCUT2D eigenvalue weighted by atomic mass is 32.2. The Bertz CT molecular complexity index is 556. The second kappa shape index (κ2) is 7.46. The minimum Gasteiger partial charge on any atom is -0.316 e. The summed E-state index contributed by atoms with van der Waals surface area (Å²) in [5, 5.41) is 3.28. The first-order chi connectivity index (χ1) is 9.70. The molecule has 0 heterocycles. The fourth-order valence-corrected chi connectivity index (χ4v) is 3.22. The smallest absolute Gasteiger partial charge is 0.126 e. The van der Waals surface area contributed by atoms with Crippen molar-refractivity contribution in [1.29, 1.82) is 0 Å². The van der Waals surface area contributed by atoms with Gasteiger partial charge in [0.15, 0.2) is 0 Å². The zero-order valence-corrected chi connectivity index (χ0v) is 12.7. The lowest BCUT2D eigenvalue weighted by atomic mass is 10.1. The summed E-state index contributed by atoms with van der Waals surface area (Å²) in [5.41, 5.74) is 2.07. The molecule has 106 valence electrons. The van der Waals surface area contributed by atoms with Crippen LogP contribution in [0.2, 0.25) is 0 Å². The van der Waals surface area contributed by atoms with E-state index in [0.29, 0.717) is 6.42 Å². The molecular formula is C17H20FNS. The fourth-order valence-electron chi connectivity index (χ4n) is 2.08. The van der Waals surface area contributed by atoms with Crippen molar-refractivity contribution in [3.63, 3.8) is 0 Å². The van der Waals surface area contributed by atoms with Crippen molar-refractivity contribution >= 4 is 11.8 Å². The SMILES string of the molecule is CNC(CSc1ccccc1C)Cc1ccccc1F. The van der Waals surface area contributed by atoms with E-state index in [0.717, 1.165) is 11.3 Å². The standard InChI is InChI=1S/C17H20FNS/c1-13-7-3-6-10-17(13)20-12-15(19-2)11-14-8-4-5-9-16(14)18/h3-10,15,19H,11-12H2,1-2H3. The molecule has 1 unspecified atom stereocenters. The van der Waals surface area contributed by atoms with Gasteiger partial charge < -0.3 is 5.32 Å². The maximum Gasteiger partial charge on any atom is 0.126 e. The molecule has 0 aromatic heterocycles. The van der Waals surface area contributed by atoms with Gasteiger partial charge in [0, 0.05) is 16.7 Å². The number of thioether (sulfide) groups is 1. The molecule has 0 amide bonds. The van der Waals surface area contributed by atoms with Crippen LogP contribution >= 0.6 is 11.8 Å². The Balaban J connectivity index is 1.96. The van der Waals surface area contributed by atoms with E-state index in [2.05, 4.69) is 30.4 Å². The lowest BCUT2D eigenvalue weighted by molar-refractivity contribution is 0.568. The Morgan fingerprint density at radius 1 is 1.10 bits per heavy atom. The van der Waals surface area contributed by atoms with Gasteiger partial charge in [0.05, 0.1) is 0 Å². The summed E-state index contributed by atoms with van der Waals surface area (Å²) >= 11 is 1.82. The van der Waals surface area contributed by atoms with Crippen LogP contribution in [0.4, 0.5) is 4.39 Å². The molecular weight excluding hydrogens is 269 g/mol. The van der Waals surface area contributed by atoms with E-state index in [9.17, 15) is 4.39 Å². The third-order valence-corrected chi connectivity index (χ3v) is 4.70. The lowest BCUT2D eigenvalue weighted by Crippen LogP contribution is -2.30. The summed E-state index contributed by atoms with van der Waals surface area (Å²) in [6.45, 7) is 2.12. The molecule has 2 rings (SSSR count). The molecule has 3 heteroatoms. The molecule has 0 saturated carbocycles. The number of likely N-dealkylation sites (N-methyl/N-ethyl adjacent to an activating group) is 1. The van der Waals surface area contributed by atoms with Crippen molar-refractivity contribution in [2.45, 2.75) is 24.3 Å². The van der Waals surface area contributed by atoms with Gasteiger partial charge in [-0.15, -0.1) is 11.8 Å². The molecule has 20 heavy (non-hydrogen) atoms. The molecule has 0 aliphatic rings. The van der Waals surface area contributed by atoms with Gasteiger partial charge in [0.25, 0.3) is 0 Å². The zero-order valence-electron chi connectivity index (χ0n) is 11.9. The molecule has 0 bridgehead atoms. The Morgan fingerprint density at radius 3 is 2.50 bits per heavy atom. The molecule has 1 N–H and O–H groups in total. The Morgan fingerprint density at radius 2 is 1.80 bits per heavy atom. The Hall–Kier alpha value is -1.32. The summed E-state index contributed by atoms with van der Waals surface area (Å²) in [4.78, 5) is 1.29. The van der Waals surface area contributed by atoms with Gasteiger partial charge in [0.2, 0.25) is 0 Å². The molecule has 0 saturated heterocycles. The van der Waals surface area contributed by atoms with Crippen LogP contribution in [0.1, 0.15) is 11.1 Å². The molecule has 2 aromatic carbocycles. The van der Waals surface area contributed by atoms with E-state index in [4.69, 9.17) is 0 Å². The first-order valence-corrected chi connectivity index (χ1v) is 7.78. The number of hydrogen-bond acceptors (Lipinski definition) is 2. The maximum atomic E-state index is 13.7. The van der Waals surface area contributed by atoms with E-state index in [1.165, 1.54) is 16.5 Å². The Labute approximate surface area is 124 Å². The highest BCUT2D eigenvalue weighted by Crippen LogP contribution is 2.23. The van der Waals surface area contributed by atoms with Crippen molar-refractivity contribution in [1.82, 2.24) is 5.32 Å². The van der Waals surface area contributed by atoms with Crippen LogP contribution in [-0.4, -0.2) is 18.8 Å². The largest absolute Gasteiger partial charge is 0.316 e. The third-order valence-electron chi connectivity index (χ3n) is 3.37. The van der Waals surface area contributed by atoms with Crippen molar-refractivity contribution in [2.24, 2.45) is 0 Å². The first-order valence-electron chi connectivity index (χ1n) is 6.80. The van der Waals surface area contributed by atoms with Crippen molar-refractivity contribution < 1.29 is 4.39 Å². The predicted octanol–water partition coefficient (Wildman–Crippen LogP) is 4.06. The van der Waals surface area contributed by atoms with Crippen molar-refractivity contribution in [3.05, 3.63) is 65.5 Å². The molecule has 2 aromatic rings. The summed E-state index contributed by atoms with van der Waals surface area (Å²) in [6.07, 6.45) is 0.710. The van der Waals surface area contributed by atoms with Crippen LogP contribution in [0.15, 0.2) is 53.4 Å². The van der Waals surface area contributed by atoms with Gasteiger partial charge in [-0.3, -0.25) is 0 Å². The maximum absolute atomic E-state index is 13.7. The van der Waals surface area contributed by atoms with Gasteiger partial charge in [-0.05, 0) is 43.7 Å². The number of aryl methyl sites for hydroxylation is 1. The molecule has 1 atom stereocenters. The number of rotatable bonds is 6. The second-order valence-corrected chi connectivity index (χ2v) is 5.92. The monoisotopic (exact) mass is 289 g/mol. The van der Waals surface area contributed by atoms with Crippen LogP contribution in [0.25, 0.3) is 0 Å². The number of hydrogen-bond donors (Lipinski definition) is 1. The highest BCUT2D eigenvalue weighted by Gasteiger charge is 2.11. The number of halogens is 1. The van der Waals surface area contributed by atoms with Gasteiger partial charge in [0.1, 0.15) is 5.82 Å². The summed E-state index contributed by atoms with van der Waals surface area (Å²) in [5.74, 6) is 0.809. The van der Waals surface area contributed by atoms with Crippen LogP contribution in [0.3, 0.4) is 0 Å². The quantitative estimate of drug-likeness (QED) is 0.805. The number of benzene rings is 2.